The van der Waals surface area contributed by atoms with Gasteiger partial charge >= 0.3 is 0 Å². The van der Waals surface area contributed by atoms with Gasteiger partial charge in [-0.05, 0) is 38.4 Å². The minimum Gasteiger partial charge on any atom is -0.332 e. The number of para-hydroxylation sites is 1. The average Bonchev–Trinajstić information content (AvgIpc) is 2.76. The van der Waals surface area contributed by atoms with Crippen molar-refractivity contribution >= 4 is 39.5 Å². The molecule has 0 bridgehead atoms. The summed E-state index contributed by atoms with van der Waals surface area (Å²) in [5.74, 6) is 0. The van der Waals surface area contributed by atoms with Crippen molar-refractivity contribution in [2.45, 2.75) is 6.54 Å². The van der Waals surface area contributed by atoms with Crippen molar-refractivity contribution in [3.05, 3.63) is 41.4 Å². The second kappa shape index (κ2) is 6.60. The third kappa shape index (κ3) is 4.59. The molecule has 0 spiro atoms. The molecule has 0 amide bonds. The first-order valence-corrected chi connectivity index (χ1v) is 7.14. The Labute approximate surface area is 122 Å². The van der Waals surface area contributed by atoms with Gasteiger partial charge in [0, 0.05) is 17.6 Å². The average molecular weight is 292 g/mol. The van der Waals surface area contributed by atoms with Gasteiger partial charge in [-0.3, -0.25) is 0 Å². The lowest BCUT2D eigenvalue weighted by molar-refractivity contribution is 0.398. The Morgan fingerprint density at radius 2 is 2.00 bits per heavy atom. The summed E-state index contributed by atoms with van der Waals surface area (Å²) < 4.78 is 0. The second-order valence-electron chi connectivity index (χ2n) is 4.33. The minimum atomic E-state index is 0.553. The van der Waals surface area contributed by atoms with E-state index in [0.717, 1.165) is 23.1 Å². The lowest BCUT2D eigenvalue weighted by Crippen LogP contribution is -2.19. The summed E-state index contributed by atoms with van der Waals surface area (Å²) in [5.41, 5.74) is 2.00. The van der Waals surface area contributed by atoms with Crippen molar-refractivity contribution in [3.63, 3.8) is 0 Å². The van der Waals surface area contributed by atoms with Crippen LogP contribution in [0.1, 0.15) is 5.69 Å². The minimum absolute atomic E-state index is 0.553. The standard InChI is InChI=1S/C13H16N4S2/c1-17(2)8-11-9-19-13(15-11)16-12(18)14-10-6-4-3-5-7-10/h3-7,9H,8H2,1-2H3,(H2,14,15,16,18). The van der Waals surface area contributed by atoms with Crippen LogP contribution in [0.3, 0.4) is 0 Å². The van der Waals surface area contributed by atoms with Crippen molar-refractivity contribution in [2.24, 2.45) is 0 Å². The Morgan fingerprint density at radius 1 is 1.26 bits per heavy atom. The summed E-state index contributed by atoms with van der Waals surface area (Å²) in [6, 6.07) is 9.82. The SMILES string of the molecule is CN(C)Cc1csc(NC(=S)Nc2ccccc2)n1. The monoisotopic (exact) mass is 292 g/mol. The number of aromatic nitrogens is 1. The predicted molar refractivity (Wildman–Crippen MR) is 85.8 cm³/mol. The second-order valence-corrected chi connectivity index (χ2v) is 5.59. The molecule has 1 aromatic carbocycles. The van der Waals surface area contributed by atoms with Crippen molar-refractivity contribution in [1.29, 1.82) is 0 Å². The molecule has 2 rings (SSSR count). The summed E-state index contributed by atoms with van der Waals surface area (Å²) in [7, 11) is 4.04. The van der Waals surface area contributed by atoms with Gasteiger partial charge in [0.25, 0.3) is 0 Å². The number of nitrogens with one attached hydrogen (secondary N) is 2. The fourth-order valence-electron chi connectivity index (χ4n) is 1.54. The predicted octanol–water partition coefficient (Wildman–Crippen LogP) is 3.01. The van der Waals surface area contributed by atoms with Crippen LogP contribution in [0.2, 0.25) is 0 Å². The first-order valence-electron chi connectivity index (χ1n) is 5.85. The summed E-state index contributed by atoms with van der Waals surface area (Å²) in [6.45, 7) is 0.830. The van der Waals surface area contributed by atoms with Gasteiger partial charge in [-0.15, -0.1) is 11.3 Å². The molecule has 19 heavy (non-hydrogen) atoms. The molecular formula is C13H16N4S2. The fraction of sp³-hybridized carbons (Fsp3) is 0.231. The number of nitrogens with zero attached hydrogens (tertiary/aromatic N) is 2. The number of thiocarbonyl (C=S) groups is 1. The zero-order valence-corrected chi connectivity index (χ0v) is 12.5. The molecule has 6 heteroatoms. The van der Waals surface area contributed by atoms with Gasteiger partial charge in [0.1, 0.15) is 0 Å². The van der Waals surface area contributed by atoms with E-state index >= 15 is 0 Å². The molecule has 1 aromatic heterocycles. The molecular weight excluding hydrogens is 276 g/mol. The van der Waals surface area contributed by atoms with Crippen molar-refractivity contribution in [1.82, 2.24) is 9.88 Å². The Bertz CT molecular complexity index is 537. The number of rotatable bonds is 4. The van der Waals surface area contributed by atoms with Gasteiger partial charge in [-0.25, -0.2) is 4.98 Å². The zero-order chi connectivity index (χ0) is 13.7. The molecule has 0 aliphatic heterocycles. The van der Waals surface area contributed by atoms with Gasteiger partial charge in [0.2, 0.25) is 0 Å². The maximum Gasteiger partial charge on any atom is 0.189 e. The highest BCUT2D eigenvalue weighted by Gasteiger charge is 2.05. The maximum absolute atomic E-state index is 5.25. The number of hydrogen-bond acceptors (Lipinski definition) is 4. The van der Waals surface area contributed by atoms with E-state index in [9.17, 15) is 0 Å². The fourth-order valence-corrected chi connectivity index (χ4v) is 2.53. The number of benzene rings is 1. The molecule has 1 heterocycles. The number of hydrogen-bond donors (Lipinski definition) is 2. The molecule has 0 saturated carbocycles. The molecule has 2 aromatic rings. The van der Waals surface area contributed by atoms with Crippen LogP contribution < -0.4 is 10.6 Å². The molecule has 0 aliphatic carbocycles. The van der Waals surface area contributed by atoms with E-state index in [1.165, 1.54) is 0 Å². The third-order valence-electron chi connectivity index (χ3n) is 2.28. The Balaban J connectivity index is 1.90. The van der Waals surface area contributed by atoms with Gasteiger partial charge in [0.05, 0.1) is 5.69 Å². The topological polar surface area (TPSA) is 40.2 Å². The molecule has 4 nitrogen and oxygen atoms in total. The van der Waals surface area contributed by atoms with Crippen LogP contribution in [0.4, 0.5) is 10.8 Å². The summed E-state index contributed by atoms with van der Waals surface area (Å²) in [4.78, 5) is 6.55. The van der Waals surface area contributed by atoms with Crippen molar-refractivity contribution < 1.29 is 0 Å². The van der Waals surface area contributed by atoms with Gasteiger partial charge in [-0.1, -0.05) is 18.2 Å². The smallest absolute Gasteiger partial charge is 0.189 e. The number of anilines is 2. The van der Waals surface area contributed by atoms with Crippen LogP contribution in [0, 0.1) is 0 Å². The zero-order valence-electron chi connectivity index (χ0n) is 10.9. The van der Waals surface area contributed by atoms with E-state index in [1.807, 2.05) is 49.8 Å². The lowest BCUT2D eigenvalue weighted by atomic mass is 10.3. The van der Waals surface area contributed by atoms with E-state index in [0.29, 0.717) is 5.11 Å². The van der Waals surface area contributed by atoms with Gasteiger partial charge in [0.15, 0.2) is 10.2 Å². The van der Waals surface area contributed by atoms with E-state index in [-0.39, 0.29) is 0 Å². The first-order chi connectivity index (χ1) is 9.13. The molecule has 0 unspecified atom stereocenters. The van der Waals surface area contributed by atoms with Crippen LogP contribution in [-0.4, -0.2) is 29.1 Å². The Morgan fingerprint density at radius 3 is 2.68 bits per heavy atom. The summed E-state index contributed by atoms with van der Waals surface area (Å²) >= 11 is 6.80. The molecule has 0 saturated heterocycles. The van der Waals surface area contributed by atoms with Crippen molar-refractivity contribution in [3.8, 4) is 0 Å². The van der Waals surface area contributed by atoms with Crippen LogP contribution in [0.5, 0.6) is 0 Å². The molecule has 0 atom stereocenters. The van der Waals surface area contributed by atoms with Gasteiger partial charge < -0.3 is 15.5 Å². The van der Waals surface area contributed by atoms with Crippen LogP contribution in [0.15, 0.2) is 35.7 Å². The maximum atomic E-state index is 5.25. The van der Waals surface area contributed by atoms with E-state index < -0.39 is 0 Å². The molecule has 0 fully saturated rings. The number of thiazole rings is 1. The third-order valence-corrected chi connectivity index (χ3v) is 3.29. The largest absolute Gasteiger partial charge is 0.332 e. The van der Waals surface area contributed by atoms with Crippen LogP contribution in [-0.2, 0) is 6.54 Å². The van der Waals surface area contributed by atoms with Gasteiger partial charge in [-0.2, -0.15) is 0 Å². The lowest BCUT2D eigenvalue weighted by Gasteiger charge is -2.08. The highest BCUT2D eigenvalue weighted by Crippen LogP contribution is 2.16. The molecule has 0 radical (unpaired) electrons. The molecule has 2 N–H and O–H groups in total. The Kier molecular flexibility index (Phi) is 4.84. The highest BCUT2D eigenvalue weighted by molar-refractivity contribution is 7.80. The van der Waals surface area contributed by atoms with E-state index in [4.69, 9.17) is 12.2 Å². The summed E-state index contributed by atoms with van der Waals surface area (Å²) in [6.07, 6.45) is 0. The highest BCUT2D eigenvalue weighted by atomic mass is 32.1. The first kappa shape index (κ1) is 13.9. The van der Waals surface area contributed by atoms with Crippen molar-refractivity contribution in [2.75, 3.05) is 24.7 Å². The normalized spacial score (nSPS) is 10.5. The van der Waals surface area contributed by atoms with E-state index in [2.05, 4.69) is 20.5 Å². The molecule has 0 aliphatic rings. The van der Waals surface area contributed by atoms with E-state index in [1.54, 1.807) is 11.3 Å². The molecule has 100 valence electrons. The summed E-state index contributed by atoms with van der Waals surface area (Å²) in [5, 5.41) is 9.61. The van der Waals surface area contributed by atoms with Crippen LogP contribution >= 0.6 is 23.6 Å². The Hall–Kier alpha value is -1.50. The quantitative estimate of drug-likeness (QED) is 0.848. The van der Waals surface area contributed by atoms with Crippen LogP contribution in [0.25, 0.3) is 0 Å².